The van der Waals surface area contributed by atoms with Gasteiger partial charge in [0, 0.05) is 50.8 Å². The predicted octanol–water partition coefficient (Wildman–Crippen LogP) is 9.80. The van der Waals surface area contributed by atoms with E-state index in [0.29, 0.717) is 11.1 Å². The first-order valence-electron chi connectivity index (χ1n) is 16.7. The fourth-order valence-corrected chi connectivity index (χ4v) is 8.32. The van der Waals surface area contributed by atoms with Crippen molar-refractivity contribution in [1.82, 2.24) is 9.13 Å². The smallest absolute Gasteiger partial charge is 0.129 e. The summed E-state index contributed by atoms with van der Waals surface area (Å²) in [5.74, 6) is 0.911. The maximum Gasteiger partial charge on any atom is 0.129 e. The van der Waals surface area contributed by atoms with Gasteiger partial charge in [0.25, 0.3) is 0 Å². The molecule has 5 heteroatoms. The van der Waals surface area contributed by atoms with Crippen LogP contribution in [0.1, 0.15) is 45.6 Å². The van der Waals surface area contributed by atoms with Crippen molar-refractivity contribution in [1.29, 1.82) is 10.5 Å². The molecule has 1 aliphatic heterocycles. The molecule has 0 N–H and O–H groups in total. The first-order valence-corrected chi connectivity index (χ1v) is 16.7. The highest BCUT2D eigenvalue weighted by Gasteiger charge is 2.35. The molecular weight excluding hydrogens is 601 g/mol. The average Bonchev–Trinajstić information content (AvgIpc) is 3.80. The first kappa shape index (κ1) is 27.5. The molecule has 0 radical (unpaired) electrons. The van der Waals surface area contributed by atoms with Crippen molar-refractivity contribution in [2.75, 3.05) is 0 Å². The third-order valence-electron chi connectivity index (χ3n) is 10.4. The number of fused-ring (bicyclic) bond motifs is 9. The maximum atomic E-state index is 10.6. The van der Waals surface area contributed by atoms with E-state index in [-0.39, 0.29) is 6.10 Å². The Morgan fingerprint density at radius 2 is 1.51 bits per heavy atom. The summed E-state index contributed by atoms with van der Waals surface area (Å²) in [6, 6.07) is 42.2. The fraction of sp³-hybridized carbons (Fsp3) is 0.0909. The van der Waals surface area contributed by atoms with Crippen LogP contribution in [0.15, 0.2) is 115 Å². The van der Waals surface area contributed by atoms with Gasteiger partial charge < -0.3 is 13.9 Å². The predicted molar refractivity (Wildman–Crippen MR) is 195 cm³/mol. The summed E-state index contributed by atoms with van der Waals surface area (Å²) >= 11 is 0. The van der Waals surface area contributed by atoms with Crippen molar-refractivity contribution in [2.45, 2.75) is 25.4 Å². The lowest BCUT2D eigenvalue weighted by atomic mass is 9.90. The second-order valence-electron chi connectivity index (χ2n) is 13.0. The van der Waals surface area contributed by atoms with Crippen LogP contribution in [-0.4, -0.2) is 15.2 Å². The number of nitrogens with zero attached hydrogens (tertiary/aromatic N) is 4. The van der Waals surface area contributed by atoms with Gasteiger partial charge >= 0.3 is 0 Å². The first-order chi connectivity index (χ1) is 24.2. The molecule has 5 nitrogen and oxygen atoms in total. The topological polar surface area (TPSA) is 66.7 Å². The van der Waals surface area contributed by atoms with Crippen molar-refractivity contribution in [3.05, 3.63) is 154 Å². The molecule has 2 aliphatic carbocycles. The number of ether oxygens (including phenoxy) is 1. The van der Waals surface area contributed by atoms with Crippen LogP contribution in [0.4, 0.5) is 0 Å². The molecule has 1 atom stereocenters. The molecular formula is C44H28N4O. The average molecular weight is 629 g/mol. The number of hydrogen-bond donors (Lipinski definition) is 0. The Labute approximate surface area is 283 Å². The number of para-hydroxylation sites is 4. The molecule has 0 bridgehead atoms. The zero-order chi connectivity index (χ0) is 32.6. The maximum absolute atomic E-state index is 10.6. The molecule has 1 unspecified atom stereocenters. The van der Waals surface area contributed by atoms with Crippen molar-refractivity contribution in [2.24, 2.45) is 0 Å². The Morgan fingerprint density at radius 3 is 2.37 bits per heavy atom. The standard InChI is InChI=1S/C44H28N4O/c45-25-27-20-29(22-30(21-27)47-38-16-5-1-11-32(38)33-12-2-6-17-39(33)47)31-15-9-10-28(26-46)44(31)48-40-18-7-3-13-34(40)36-24-43-37(23-41(36)48)35-14-4-8-19-42(35)49-43/h1-5,7-16,18-23,43H,6,17,24H2. The van der Waals surface area contributed by atoms with Crippen LogP contribution in [0, 0.1) is 22.7 Å². The van der Waals surface area contributed by atoms with Crippen molar-refractivity contribution in [3.8, 4) is 40.4 Å². The van der Waals surface area contributed by atoms with E-state index in [1.165, 1.54) is 22.2 Å². The van der Waals surface area contributed by atoms with Gasteiger partial charge in [-0.3, -0.25) is 0 Å². The number of aromatic nitrogens is 2. The molecule has 0 amide bonds. The van der Waals surface area contributed by atoms with Gasteiger partial charge in [-0.05, 0) is 72.5 Å². The van der Waals surface area contributed by atoms with Crippen LogP contribution < -0.4 is 4.74 Å². The summed E-state index contributed by atoms with van der Waals surface area (Å²) in [4.78, 5) is 0. The molecule has 10 rings (SSSR count). The summed E-state index contributed by atoms with van der Waals surface area (Å²) in [6.07, 6.45) is 9.31. The summed E-state index contributed by atoms with van der Waals surface area (Å²) < 4.78 is 11.0. The molecule has 49 heavy (non-hydrogen) atoms. The van der Waals surface area contributed by atoms with Gasteiger partial charge in [0.15, 0.2) is 0 Å². The second kappa shape index (κ2) is 10.5. The molecule has 7 aromatic rings. The Bertz CT molecular complexity index is 2700. The van der Waals surface area contributed by atoms with E-state index in [4.69, 9.17) is 4.74 Å². The third-order valence-corrected chi connectivity index (χ3v) is 10.4. The summed E-state index contributed by atoms with van der Waals surface area (Å²) in [5, 5.41) is 23.4. The molecule has 230 valence electrons. The Balaban J connectivity index is 1.25. The van der Waals surface area contributed by atoms with Gasteiger partial charge in [-0.15, -0.1) is 0 Å². The minimum atomic E-state index is -0.0538. The zero-order valence-electron chi connectivity index (χ0n) is 26.5. The second-order valence-corrected chi connectivity index (χ2v) is 13.0. The monoisotopic (exact) mass is 628 g/mol. The number of allylic oxidation sites excluding steroid dienone is 1. The highest BCUT2D eigenvalue weighted by molar-refractivity contribution is 6.00. The highest BCUT2D eigenvalue weighted by atomic mass is 16.5. The van der Waals surface area contributed by atoms with Crippen molar-refractivity contribution < 1.29 is 4.74 Å². The minimum absolute atomic E-state index is 0.0538. The van der Waals surface area contributed by atoms with Gasteiger partial charge in [-0.25, -0.2) is 0 Å². The van der Waals surface area contributed by atoms with Gasteiger partial charge in [0.2, 0.25) is 0 Å². The van der Waals surface area contributed by atoms with E-state index < -0.39 is 0 Å². The van der Waals surface area contributed by atoms with Crippen molar-refractivity contribution >= 4 is 39.5 Å². The Morgan fingerprint density at radius 1 is 0.735 bits per heavy atom. The van der Waals surface area contributed by atoms with Crippen molar-refractivity contribution in [3.63, 3.8) is 0 Å². The number of rotatable bonds is 3. The molecule has 3 aliphatic rings. The van der Waals surface area contributed by atoms with E-state index >= 15 is 0 Å². The van der Waals surface area contributed by atoms with Gasteiger partial charge in [-0.1, -0.05) is 78.9 Å². The van der Waals surface area contributed by atoms with Crippen LogP contribution in [0.5, 0.6) is 5.75 Å². The normalized spacial score (nSPS) is 15.5. The third kappa shape index (κ3) is 3.97. The summed E-state index contributed by atoms with van der Waals surface area (Å²) in [6.45, 7) is 0. The Kier molecular flexibility index (Phi) is 5.89. The van der Waals surface area contributed by atoms with E-state index in [2.05, 4.69) is 112 Å². The van der Waals surface area contributed by atoms with Crippen LogP contribution in [-0.2, 0) is 12.8 Å². The van der Waals surface area contributed by atoms with Crippen LogP contribution >= 0.6 is 0 Å². The van der Waals surface area contributed by atoms with Crippen LogP contribution in [0.2, 0.25) is 0 Å². The van der Waals surface area contributed by atoms with E-state index in [1.807, 2.05) is 36.4 Å². The molecule has 3 heterocycles. The lowest BCUT2D eigenvalue weighted by Gasteiger charge is -2.22. The number of nitriles is 2. The van der Waals surface area contributed by atoms with E-state index in [9.17, 15) is 10.5 Å². The lowest BCUT2D eigenvalue weighted by molar-refractivity contribution is 0.276. The molecule has 2 aromatic heterocycles. The number of hydrogen-bond acceptors (Lipinski definition) is 3. The summed E-state index contributed by atoms with van der Waals surface area (Å²) in [5.41, 5.74) is 13.9. The molecule has 0 saturated heterocycles. The van der Waals surface area contributed by atoms with Crippen LogP contribution in [0.3, 0.4) is 0 Å². The summed E-state index contributed by atoms with van der Waals surface area (Å²) in [7, 11) is 0. The number of benzene rings is 5. The Hall–Kier alpha value is -6.56. The molecule has 0 spiro atoms. The van der Waals surface area contributed by atoms with Crippen LogP contribution in [0.25, 0.3) is 62.0 Å². The van der Waals surface area contributed by atoms with Gasteiger partial charge in [0.05, 0.1) is 39.6 Å². The molecule has 0 saturated carbocycles. The van der Waals surface area contributed by atoms with Gasteiger partial charge in [0.1, 0.15) is 17.9 Å². The van der Waals surface area contributed by atoms with Gasteiger partial charge in [-0.2, -0.15) is 10.5 Å². The quantitative estimate of drug-likeness (QED) is 0.196. The molecule has 0 fully saturated rings. The SMILES string of the molecule is N#Cc1cc(-c2cccc(C#N)c2-n2c3c(c4ccccc42)CC2Oc4ccccc4C2=C3)cc(-n2c3c(c4ccccc42)C=CCC3)c1. The lowest BCUT2D eigenvalue weighted by Crippen LogP contribution is -2.19. The van der Waals surface area contributed by atoms with E-state index in [0.717, 1.165) is 80.8 Å². The fourth-order valence-electron chi connectivity index (χ4n) is 8.32. The zero-order valence-corrected chi connectivity index (χ0v) is 26.5. The molecule has 5 aromatic carbocycles. The highest BCUT2D eigenvalue weighted by Crippen LogP contribution is 2.47. The largest absolute Gasteiger partial charge is 0.485 e. The van der Waals surface area contributed by atoms with E-state index in [1.54, 1.807) is 0 Å². The minimum Gasteiger partial charge on any atom is -0.485 e.